The van der Waals surface area contributed by atoms with Gasteiger partial charge in [0.25, 0.3) is 5.56 Å². The van der Waals surface area contributed by atoms with Crippen LogP contribution in [0.25, 0.3) is 28.0 Å². The number of ether oxygens (including phenoxy) is 2. The SMILES string of the molecule is COc1ccc(OC)c(-n2c(SCc3nc(-c4ccc(Cl)cc4)oc3C)nc3ccccc3c2=O)c1. The van der Waals surface area contributed by atoms with Crippen molar-refractivity contribution in [2.75, 3.05) is 14.2 Å². The van der Waals surface area contributed by atoms with Crippen LogP contribution in [0.1, 0.15) is 11.5 Å². The summed E-state index contributed by atoms with van der Waals surface area (Å²) in [7, 11) is 3.14. The van der Waals surface area contributed by atoms with E-state index in [4.69, 9.17) is 30.5 Å². The maximum absolute atomic E-state index is 13.7. The minimum absolute atomic E-state index is 0.201. The van der Waals surface area contributed by atoms with Crippen molar-refractivity contribution in [2.45, 2.75) is 17.8 Å². The van der Waals surface area contributed by atoms with Gasteiger partial charge in [-0.15, -0.1) is 0 Å². The van der Waals surface area contributed by atoms with Crippen LogP contribution < -0.4 is 15.0 Å². The Balaban J connectivity index is 1.58. The maximum Gasteiger partial charge on any atom is 0.266 e. The fourth-order valence-electron chi connectivity index (χ4n) is 3.80. The van der Waals surface area contributed by atoms with E-state index < -0.39 is 0 Å². The summed E-state index contributed by atoms with van der Waals surface area (Å²) in [6.45, 7) is 1.87. The molecule has 0 bridgehead atoms. The Labute approximate surface area is 216 Å². The number of nitrogens with zero attached hydrogens (tertiary/aromatic N) is 3. The van der Waals surface area contributed by atoms with Gasteiger partial charge in [-0.05, 0) is 55.5 Å². The molecule has 9 heteroatoms. The van der Waals surface area contributed by atoms with Crippen LogP contribution in [-0.4, -0.2) is 28.8 Å². The maximum atomic E-state index is 13.7. The van der Waals surface area contributed by atoms with Gasteiger partial charge in [-0.3, -0.25) is 9.36 Å². The number of oxazole rings is 1. The average Bonchev–Trinajstić information content (AvgIpc) is 3.27. The first-order valence-electron chi connectivity index (χ1n) is 11.1. The van der Waals surface area contributed by atoms with E-state index in [2.05, 4.69) is 4.98 Å². The molecule has 2 aromatic heterocycles. The monoisotopic (exact) mass is 519 g/mol. The van der Waals surface area contributed by atoms with E-state index in [0.29, 0.717) is 55.7 Å². The molecule has 0 unspecified atom stereocenters. The van der Waals surface area contributed by atoms with E-state index in [1.165, 1.54) is 11.8 Å². The number of hydrogen-bond acceptors (Lipinski definition) is 7. The molecule has 0 fully saturated rings. The molecule has 0 aliphatic carbocycles. The molecule has 0 radical (unpaired) electrons. The van der Waals surface area contributed by atoms with Crippen LogP contribution >= 0.6 is 23.4 Å². The molecule has 3 aromatic carbocycles. The Morgan fingerprint density at radius 2 is 1.78 bits per heavy atom. The molecular weight excluding hydrogens is 498 g/mol. The number of thioether (sulfide) groups is 1. The van der Waals surface area contributed by atoms with Crippen LogP contribution in [0.15, 0.2) is 81.1 Å². The minimum Gasteiger partial charge on any atom is -0.497 e. The Bertz CT molecular complexity index is 1610. The second kappa shape index (κ2) is 10.1. The van der Waals surface area contributed by atoms with Crippen molar-refractivity contribution >= 4 is 34.3 Å². The molecule has 0 atom stereocenters. The summed E-state index contributed by atoms with van der Waals surface area (Å²) in [5.41, 5.74) is 2.55. The van der Waals surface area contributed by atoms with Crippen molar-refractivity contribution in [3.8, 4) is 28.6 Å². The number of para-hydroxylation sites is 1. The zero-order valence-electron chi connectivity index (χ0n) is 19.8. The first-order valence-corrected chi connectivity index (χ1v) is 12.4. The summed E-state index contributed by atoms with van der Waals surface area (Å²) in [6, 6.07) is 19.9. The smallest absolute Gasteiger partial charge is 0.266 e. The average molecular weight is 520 g/mol. The highest BCUT2D eigenvalue weighted by Gasteiger charge is 2.19. The molecule has 0 aliphatic rings. The lowest BCUT2D eigenvalue weighted by Crippen LogP contribution is -2.22. The van der Waals surface area contributed by atoms with E-state index >= 15 is 0 Å². The minimum atomic E-state index is -0.201. The number of benzene rings is 3. The third-order valence-electron chi connectivity index (χ3n) is 5.69. The van der Waals surface area contributed by atoms with Gasteiger partial charge in [0.15, 0.2) is 5.16 Å². The number of hydrogen-bond donors (Lipinski definition) is 0. The molecule has 2 heterocycles. The van der Waals surface area contributed by atoms with E-state index in [-0.39, 0.29) is 5.56 Å². The standard InChI is InChI=1S/C27H22ClN3O4S/c1-16-22(29-25(35-16)17-8-10-18(28)11-9-17)15-36-27-30-21-7-5-4-6-20(21)26(32)31(27)23-14-19(33-2)12-13-24(23)34-3/h4-14H,15H2,1-3H3. The molecule has 0 amide bonds. The molecule has 5 aromatic rings. The van der Waals surface area contributed by atoms with E-state index in [0.717, 1.165) is 11.3 Å². The van der Waals surface area contributed by atoms with Crippen molar-refractivity contribution in [1.29, 1.82) is 0 Å². The zero-order chi connectivity index (χ0) is 25.2. The normalized spacial score (nSPS) is 11.1. The number of aryl methyl sites for hydroxylation is 1. The molecule has 0 N–H and O–H groups in total. The second-order valence-electron chi connectivity index (χ2n) is 7.91. The van der Waals surface area contributed by atoms with Crippen LogP contribution in [0.2, 0.25) is 5.02 Å². The van der Waals surface area contributed by atoms with Gasteiger partial charge < -0.3 is 13.9 Å². The number of fused-ring (bicyclic) bond motifs is 1. The molecule has 182 valence electrons. The van der Waals surface area contributed by atoms with Gasteiger partial charge in [0.1, 0.15) is 17.3 Å². The van der Waals surface area contributed by atoms with Crippen molar-refractivity contribution < 1.29 is 13.9 Å². The summed E-state index contributed by atoms with van der Waals surface area (Å²) in [5, 5.41) is 1.65. The first-order chi connectivity index (χ1) is 17.5. The van der Waals surface area contributed by atoms with Crippen molar-refractivity contribution in [1.82, 2.24) is 14.5 Å². The van der Waals surface area contributed by atoms with Gasteiger partial charge in [0.2, 0.25) is 5.89 Å². The number of methoxy groups -OCH3 is 2. The molecule has 5 rings (SSSR count). The summed E-state index contributed by atoms with van der Waals surface area (Å²) in [6.07, 6.45) is 0. The Kier molecular flexibility index (Phi) is 6.71. The van der Waals surface area contributed by atoms with E-state index in [1.807, 2.05) is 37.3 Å². The van der Waals surface area contributed by atoms with Crippen LogP contribution in [0, 0.1) is 6.92 Å². The molecule has 7 nitrogen and oxygen atoms in total. The molecular formula is C27H22ClN3O4S. The summed E-state index contributed by atoms with van der Waals surface area (Å²) in [4.78, 5) is 23.2. The highest BCUT2D eigenvalue weighted by molar-refractivity contribution is 7.98. The third-order valence-corrected chi connectivity index (χ3v) is 6.90. The zero-order valence-corrected chi connectivity index (χ0v) is 21.4. The van der Waals surface area contributed by atoms with Crippen molar-refractivity contribution in [2.24, 2.45) is 0 Å². The largest absolute Gasteiger partial charge is 0.497 e. The van der Waals surface area contributed by atoms with Gasteiger partial charge >= 0.3 is 0 Å². The van der Waals surface area contributed by atoms with Crippen LogP contribution in [-0.2, 0) is 5.75 Å². The summed E-state index contributed by atoms with van der Waals surface area (Å²) < 4.78 is 18.5. The Morgan fingerprint density at radius 1 is 1.00 bits per heavy atom. The highest BCUT2D eigenvalue weighted by Crippen LogP contribution is 2.32. The lowest BCUT2D eigenvalue weighted by molar-refractivity contribution is 0.400. The van der Waals surface area contributed by atoms with Crippen LogP contribution in [0.5, 0.6) is 11.5 Å². The lowest BCUT2D eigenvalue weighted by atomic mass is 10.2. The molecule has 0 saturated carbocycles. The van der Waals surface area contributed by atoms with Crippen molar-refractivity contribution in [3.05, 3.63) is 93.6 Å². The topological polar surface area (TPSA) is 79.4 Å². The Hall–Kier alpha value is -3.75. The number of rotatable bonds is 7. The van der Waals surface area contributed by atoms with Crippen LogP contribution in [0.4, 0.5) is 0 Å². The van der Waals surface area contributed by atoms with Gasteiger partial charge in [0, 0.05) is 22.4 Å². The van der Waals surface area contributed by atoms with Crippen molar-refractivity contribution in [3.63, 3.8) is 0 Å². The summed E-state index contributed by atoms with van der Waals surface area (Å²) in [5.74, 6) is 2.78. The van der Waals surface area contributed by atoms with Gasteiger partial charge in [-0.25, -0.2) is 9.97 Å². The molecule has 36 heavy (non-hydrogen) atoms. The fourth-order valence-corrected chi connectivity index (χ4v) is 4.94. The molecule has 0 spiro atoms. The van der Waals surface area contributed by atoms with Gasteiger partial charge in [0.05, 0.1) is 36.5 Å². The van der Waals surface area contributed by atoms with E-state index in [1.54, 1.807) is 55.2 Å². The first kappa shape index (κ1) is 24.0. The highest BCUT2D eigenvalue weighted by atomic mass is 35.5. The number of halogens is 1. The van der Waals surface area contributed by atoms with Crippen LogP contribution in [0.3, 0.4) is 0 Å². The molecule has 0 saturated heterocycles. The predicted octanol–water partition coefficient (Wildman–Crippen LogP) is 6.31. The Morgan fingerprint density at radius 3 is 2.53 bits per heavy atom. The fraction of sp³-hybridized carbons (Fsp3) is 0.148. The van der Waals surface area contributed by atoms with Gasteiger partial charge in [-0.2, -0.15) is 0 Å². The lowest BCUT2D eigenvalue weighted by Gasteiger charge is -2.16. The predicted molar refractivity (Wildman–Crippen MR) is 142 cm³/mol. The summed E-state index contributed by atoms with van der Waals surface area (Å²) >= 11 is 7.40. The quantitative estimate of drug-likeness (QED) is 0.184. The molecule has 0 aliphatic heterocycles. The third kappa shape index (κ3) is 4.57. The number of aromatic nitrogens is 3. The van der Waals surface area contributed by atoms with Gasteiger partial charge in [-0.1, -0.05) is 35.5 Å². The second-order valence-corrected chi connectivity index (χ2v) is 9.29. The van der Waals surface area contributed by atoms with E-state index in [9.17, 15) is 4.79 Å².